The molecule has 2 amide bonds. The summed E-state index contributed by atoms with van der Waals surface area (Å²) in [6.07, 6.45) is 5.55. The Morgan fingerprint density at radius 2 is 1.90 bits per heavy atom. The maximum absolute atomic E-state index is 13.9. The molecule has 3 heterocycles. The van der Waals surface area contributed by atoms with E-state index in [-0.39, 0.29) is 37.0 Å². The highest BCUT2D eigenvalue weighted by Gasteiger charge is 2.37. The maximum atomic E-state index is 13.9. The van der Waals surface area contributed by atoms with Crippen molar-refractivity contribution in [3.05, 3.63) is 41.9 Å². The zero-order chi connectivity index (χ0) is 28.1. The van der Waals surface area contributed by atoms with Gasteiger partial charge in [-0.3, -0.25) is 9.59 Å². The molecule has 2 fully saturated rings. The van der Waals surface area contributed by atoms with Gasteiger partial charge in [0.1, 0.15) is 18.1 Å². The first-order valence-electron chi connectivity index (χ1n) is 13.7. The van der Waals surface area contributed by atoms with Crippen LogP contribution in [0.1, 0.15) is 56.1 Å². The van der Waals surface area contributed by atoms with Gasteiger partial charge in [-0.1, -0.05) is 12.8 Å². The van der Waals surface area contributed by atoms with Gasteiger partial charge in [-0.05, 0) is 68.2 Å². The number of hydrogen-bond acceptors (Lipinski definition) is 9. The average molecular weight is 553 g/mol. The van der Waals surface area contributed by atoms with Crippen molar-refractivity contribution in [2.24, 2.45) is 0 Å². The number of tetrazole rings is 1. The van der Waals surface area contributed by atoms with E-state index in [1.54, 1.807) is 44.6 Å². The molecular weight excluding hydrogens is 516 g/mol. The molecule has 1 aromatic carbocycles. The minimum atomic E-state index is -0.945. The number of nitrogens with one attached hydrogen (secondary N) is 1. The number of hydrogen-bond donors (Lipinski definition) is 1. The average Bonchev–Trinajstić information content (AvgIpc) is 3.77. The Bertz CT molecular complexity index is 1310. The Morgan fingerprint density at radius 3 is 2.58 bits per heavy atom. The highest BCUT2D eigenvalue weighted by Crippen LogP contribution is 2.31. The van der Waals surface area contributed by atoms with Crippen molar-refractivity contribution in [2.45, 2.75) is 70.2 Å². The number of aryl methyl sites for hydroxylation is 1. The van der Waals surface area contributed by atoms with Gasteiger partial charge in [0, 0.05) is 24.8 Å². The Balaban J connectivity index is 1.40. The first-order chi connectivity index (χ1) is 19.4. The highest BCUT2D eigenvalue weighted by atomic mass is 16.5. The van der Waals surface area contributed by atoms with Crippen molar-refractivity contribution in [1.29, 1.82) is 0 Å². The van der Waals surface area contributed by atoms with Crippen LogP contribution in [-0.2, 0) is 20.9 Å². The zero-order valence-corrected chi connectivity index (χ0v) is 23.2. The Morgan fingerprint density at radius 1 is 1.10 bits per heavy atom. The molecule has 1 saturated heterocycles. The molecule has 214 valence electrons. The molecule has 0 spiro atoms. The van der Waals surface area contributed by atoms with Gasteiger partial charge >= 0.3 is 0 Å². The van der Waals surface area contributed by atoms with Crippen LogP contribution in [0.4, 0.5) is 0 Å². The lowest BCUT2D eigenvalue weighted by Crippen LogP contribution is -2.49. The van der Waals surface area contributed by atoms with Crippen LogP contribution in [0.25, 0.3) is 11.4 Å². The minimum Gasteiger partial charge on any atom is -0.493 e. The van der Waals surface area contributed by atoms with E-state index >= 15 is 0 Å². The third kappa shape index (κ3) is 6.27. The van der Waals surface area contributed by atoms with Crippen molar-refractivity contribution >= 4 is 11.8 Å². The molecule has 1 saturated carbocycles. The van der Waals surface area contributed by atoms with E-state index in [0.29, 0.717) is 41.0 Å². The summed E-state index contributed by atoms with van der Waals surface area (Å²) in [6.45, 7) is 2.49. The number of benzene rings is 1. The second-order valence-electron chi connectivity index (χ2n) is 10.2. The number of ether oxygens (including phenoxy) is 3. The molecule has 0 radical (unpaired) electrons. The topological polar surface area (TPSA) is 134 Å². The quantitative estimate of drug-likeness (QED) is 0.381. The number of carbonyl (C=O) groups is 2. The fourth-order valence-electron chi connectivity index (χ4n) is 5.35. The molecule has 1 aliphatic carbocycles. The number of aromatic nitrogens is 4. The van der Waals surface area contributed by atoms with Gasteiger partial charge in [-0.15, -0.1) is 10.2 Å². The third-order valence-electron chi connectivity index (χ3n) is 7.41. The number of nitrogens with zero attached hydrogens (tertiary/aromatic N) is 5. The largest absolute Gasteiger partial charge is 0.493 e. The van der Waals surface area contributed by atoms with Gasteiger partial charge in [-0.2, -0.15) is 4.80 Å². The van der Waals surface area contributed by atoms with E-state index in [1.165, 1.54) is 9.70 Å². The summed E-state index contributed by atoms with van der Waals surface area (Å²) in [7, 11) is 3.11. The van der Waals surface area contributed by atoms with Crippen LogP contribution in [0.2, 0.25) is 0 Å². The predicted molar refractivity (Wildman–Crippen MR) is 144 cm³/mol. The summed E-state index contributed by atoms with van der Waals surface area (Å²) < 4.78 is 22.5. The van der Waals surface area contributed by atoms with Gasteiger partial charge in [0.2, 0.25) is 11.7 Å². The lowest BCUT2D eigenvalue weighted by molar-refractivity contribution is -0.144. The molecule has 3 aromatic rings. The summed E-state index contributed by atoms with van der Waals surface area (Å²) >= 11 is 0. The number of amides is 2. The minimum absolute atomic E-state index is 0.0896. The van der Waals surface area contributed by atoms with Gasteiger partial charge in [-0.25, -0.2) is 0 Å². The Labute approximate surface area is 232 Å². The van der Waals surface area contributed by atoms with Crippen molar-refractivity contribution in [3.8, 4) is 22.9 Å². The predicted octanol–water partition coefficient (Wildman–Crippen LogP) is 3.07. The number of furan rings is 1. The number of rotatable bonds is 11. The van der Waals surface area contributed by atoms with E-state index < -0.39 is 6.04 Å². The first-order valence-corrected chi connectivity index (χ1v) is 13.7. The summed E-state index contributed by atoms with van der Waals surface area (Å²) in [5.41, 5.74) is 0.660. The van der Waals surface area contributed by atoms with Gasteiger partial charge in [0.25, 0.3) is 5.91 Å². The Kier molecular flexibility index (Phi) is 8.63. The molecule has 5 rings (SSSR count). The number of methoxy groups -OCH3 is 2. The molecule has 2 unspecified atom stereocenters. The second-order valence-corrected chi connectivity index (χ2v) is 10.2. The van der Waals surface area contributed by atoms with Crippen molar-refractivity contribution in [1.82, 2.24) is 30.4 Å². The van der Waals surface area contributed by atoms with Gasteiger partial charge in [0.05, 0.1) is 20.3 Å². The molecule has 1 N–H and O–H groups in total. The van der Waals surface area contributed by atoms with Crippen molar-refractivity contribution in [2.75, 3.05) is 27.4 Å². The molecule has 12 nitrogen and oxygen atoms in total. The molecule has 2 atom stereocenters. The lowest BCUT2D eigenvalue weighted by atomic mass is 10.1. The fourth-order valence-corrected chi connectivity index (χ4v) is 5.35. The molecule has 1 aliphatic heterocycles. The smallest absolute Gasteiger partial charge is 0.250 e. The third-order valence-corrected chi connectivity index (χ3v) is 7.41. The Hall–Kier alpha value is -3.93. The molecular formula is C28H36N6O6. The van der Waals surface area contributed by atoms with Crippen LogP contribution in [0.5, 0.6) is 11.5 Å². The SMILES string of the molecule is COc1ccc(-c2nnn(CC(=O)N(CC3CCCO3)C(C(=O)NC3CCCC3)c3ccc(C)o3)n2)cc1OC. The molecule has 12 heteroatoms. The van der Waals surface area contributed by atoms with Crippen LogP contribution in [-0.4, -0.2) is 76.4 Å². The van der Waals surface area contributed by atoms with E-state index in [9.17, 15) is 9.59 Å². The molecule has 2 aromatic heterocycles. The first kappa shape index (κ1) is 27.6. The van der Waals surface area contributed by atoms with Crippen LogP contribution >= 0.6 is 0 Å². The molecule has 2 aliphatic rings. The van der Waals surface area contributed by atoms with Crippen LogP contribution in [0, 0.1) is 6.92 Å². The van der Waals surface area contributed by atoms with Crippen LogP contribution in [0.3, 0.4) is 0 Å². The van der Waals surface area contributed by atoms with E-state index in [1.807, 2.05) is 6.92 Å². The summed E-state index contributed by atoms with van der Waals surface area (Å²) in [4.78, 5) is 30.4. The van der Waals surface area contributed by atoms with Crippen LogP contribution < -0.4 is 14.8 Å². The monoisotopic (exact) mass is 552 g/mol. The van der Waals surface area contributed by atoms with Gasteiger partial charge in [0.15, 0.2) is 17.5 Å². The fraction of sp³-hybridized carbons (Fsp3) is 0.536. The highest BCUT2D eigenvalue weighted by molar-refractivity contribution is 5.88. The summed E-state index contributed by atoms with van der Waals surface area (Å²) in [5, 5.41) is 15.8. The lowest BCUT2D eigenvalue weighted by Gasteiger charge is -2.32. The van der Waals surface area contributed by atoms with Crippen LogP contribution in [0.15, 0.2) is 34.7 Å². The second kappa shape index (κ2) is 12.5. The number of carbonyl (C=O) groups excluding carboxylic acids is 2. The maximum Gasteiger partial charge on any atom is 0.250 e. The van der Waals surface area contributed by atoms with Crippen molar-refractivity contribution in [3.63, 3.8) is 0 Å². The molecule has 40 heavy (non-hydrogen) atoms. The van der Waals surface area contributed by atoms with Gasteiger partial charge < -0.3 is 28.8 Å². The van der Waals surface area contributed by atoms with Crippen molar-refractivity contribution < 1.29 is 28.2 Å². The normalized spacial score (nSPS) is 18.0. The standard InChI is InChI=1S/C28H36N6O6/c1-18-10-12-23(40-18)26(28(36)29-20-7-4-5-8-20)33(16-21-9-6-14-39-21)25(35)17-34-31-27(30-32-34)19-11-13-22(37-2)24(15-19)38-3/h10-13,15,20-21,26H,4-9,14,16-17H2,1-3H3,(H,29,36). The zero-order valence-electron chi connectivity index (χ0n) is 23.2. The molecule has 0 bridgehead atoms. The van der Waals surface area contributed by atoms with E-state index in [4.69, 9.17) is 18.6 Å². The van der Waals surface area contributed by atoms with E-state index in [0.717, 1.165) is 38.5 Å². The summed E-state index contributed by atoms with van der Waals surface area (Å²) in [6, 6.07) is 7.99. The summed E-state index contributed by atoms with van der Waals surface area (Å²) in [5.74, 6) is 1.91. The van der Waals surface area contributed by atoms with E-state index in [2.05, 4.69) is 20.7 Å².